The Morgan fingerprint density at radius 2 is 1.80 bits per heavy atom. The molecule has 20 heavy (non-hydrogen) atoms. The van der Waals surface area contributed by atoms with Gasteiger partial charge in [-0.05, 0) is 23.8 Å². The summed E-state index contributed by atoms with van der Waals surface area (Å²) in [6.07, 6.45) is 0. The smallest absolute Gasteiger partial charge is 0.251 e. The van der Waals surface area contributed by atoms with Gasteiger partial charge >= 0.3 is 0 Å². The lowest BCUT2D eigenvalue weighted by Crippen LogP contribution is -2.36. The maximum absolute atomic E-state index is 12.1. The van der Waals surface area contributed by atoms with Crippen molar-refractivity contribution in [2.45, 2.75) is 19.3 Å². The predicted octanol–water partition coefficient (Wildman–Crippen LogP) is 4.05. The Labute approximate surface area is 124 Å². The third-order valence-electron chi connectivity index (χ3n) is 3.33. The van der Waals surface area contributed by atoms with Crippen LogP contribution in [0.3, 0.4) is 0 Å². The van der Waals surface area contributed by atoms with E-state index in [2.05, 4.69) is 31.3 Å². The van der Waals surface area contributed by atoms with Gasteiger partial charge in [0.05, 0.1) is 0 Å². The standard InChI is InChI=1S/C17H18ClNO/c1-17(2,14-8-4-3-5-9-14)12-19-16(20)13-7-6-10-15(18)11-13/h3-11H,12H2,1-2H3,(H,19,20). The Balaban J connectivity index is 2.03. The number of rotatable bonds is 4. The van der Waals surface area contributed by atoms with Crippen molar-refractivity contribution >= 4 is 17.5 Å². The van der Waals surface area contributed by atoms with Crippen molar-refractivity contribution in [3.63, 3.8) is 0 Å². The molecule has 1 amide bonds. The number of nitrogens with one attached hydrogen (secondary N) is 1. The zero-order valence-corrected chi connectivity index (χ0v) is 12.4. The monoisotopic (exact) mass is 287 g/mol. The summed E-state index contributed by atoms with van der Waals surface area (Å²) in [5.41, 5.74) is 1.67. The number of hydrogen-bond acceptors (Lipinski definition) is 1. The van der Waals surface area contributed by atoms with Crippen LogP contribution in [0.15, 0.2) is 54.6 Å². The molecule has 0 saturated heterocycles. The molecule has 0 aliphatic rings. The lowest BCUT2D eigenvalue weighted by Gasteiger charge is -2.25. The number of amides is 1. The van der Waals surface area contributed by atoms with Gasteiger partial charge < -0.3 is 5.32 Å². The fourth-order valence-corrected chi connectivity index (χ4v) is 2.21. The number of hydrogen-bond donors (Lipinski definition) is 1. The molecule has 1 N–H and O–H groups in total. The molecule has 0 heterocycles. The molecule has 0 aliphatic carbocycles. The molecule has 0 bridgehead atoms. The van der Waals surface area contributed by atoms with E-state index in [1.54, 1.807) is 24.3 Å². The van der Waals surface area contributed by atoms with Gasteiger partial charge in [0.25, 0.3) is 5.91 Å². The molecule has 2 rings (SSSR count). The zero-order chi connectivity index (χ0) is 14.6. The number of carbonyl (C=O) groups excluding carboxylic acids is 1. The van der Waals surface area contributed by atoms with Crippen molar-refractivity contribution in [3.8, 4) is 0 Å². The maximum Gasteiger partial charge on any atom is 0.251 e. The third-order valence-corrected chi connectivity index (χ3v) is 3.57. The summed E-state index contributed by atoms with van der Waals surface area (Å²) >= 11 is 5.89. The van der Waals surface area contributed by atoms with Crippen LogP contribution >= 0.6 is 11.6 Å². The summed E-state index contributed by atoms with van der Waals surface area (Å²) < 4.78 is 0. The Morgan fingerprint density at radius 1 is 1.10 bits per heavy atom. The molecule has 0 spiro atoms. The number of carbonyl (C=O) groups is 1. The summed E-state index contributed by atoms with van der Waals surface area (Å²) in [5, 5.41) is 3.54. The highest BCUT2D eigenvalue weighted by Crippen LogP contribution is 2.22. The molecule has 3 heteroatoms. The van der Waals surface area contributed by atoms with Crippen molar-refractivity contribution in [2.75, 3.05) is 6.54 Å². The lowest BCUT2D eigenvalue weighted by atomic mass is 9.84. The molecule has 0 radical (unpaired) electrons. The molecule has 0 aromatic heterocycles. The fourth-order valence-electron chi connectivity index (χ4n) is 2.02. The zero-order valence-electron chi connectivity index (χ0n) is 11.7. The van der Waals surface area contributed by atoms with Crippen LogP contribution in [0.2, 0.25) is 5.02 Å². The van der Waals surface area contributed by atoms with Gasteiger partial charge in [0.1, 0.15) is 0 Å². The first-order valence-corrected chi connectivity index (χ1v) is 6.96. The van der Waals surface area contributed by atoms with Crippen LogP contribution in [0.4, 0.5) is 0 Å². The molecule has 0 aliphatic heterocycles. The van der Waals surface area contributed by atoms with Crippen LogP contribution in [-0.4, -0.2) is 12.5 Å². The summed E-state index contributed by atoms with van der Waals surface area (Å²) in [6, 6.07) is 17.1. The first kappa shape index (κ1) is 14.6. The van der Waals surface area contributed by atoms with Crippen LogP contribution < -0.4 is 5.32 Å². The Morgan fingerprint density at radius 3 is 2.45 bits per heavy atom. The lowest BCUT2D eigenvalue weighted by molar-refractivity contribution is 0.0945. The highest BCUT2D eigenvalue weighted by Gasteiger charge is 2.21. The van der Waals surface area contributed by atoms with Crippen molar-refractivity contribution in [1.82, 2.24) is 5.32 Å². The summed E-state index contributed by atoms with van der Waals surface area (Å²) in [5.74, 6) is -0.100. The molecule has 0 fully saturated rings. The van der Waals surface area contributed by atoms with Crippen LogP contribution in [-0.2, 0) is 5.41 Å². The second-order valence-electron chi connectivity index (χ2n) is 5.44. The molecule has 0 unspecified atom stereocenters. The second-order valence-corrected chi connectivity index (χ2v) is 5.88. The Hall–Kier alpha value is -1.80. The first-order chi connectivity index (χ1) is 9.49. The summed E-state index contributed by atoms with van der Waals surface area (Å²) in [7, 11) is 0. The molecule has 0 atom stereocenters. The van der Waals surface area contributed by atoms with Gasteiger partial charge in [0, 0.05) is 22.5 Å². The van der Waals surface area contributed by atoms with Crippen molar-refractivity contribution < 1.29 is 4.79 Å². The van der Waals surface area contributed by atoms with Gasteiger partial charge in [-0.3, -0.25) is 4.79 Å². The quantitative estimate of drug-likeness (QED) is 0.903. The van der Waals surface area contributed by atoms with Crippen molar-refractivity contribution in [1.29, 1.82) is 0 Å². The van der Waals surface area contributed by atoms with E-state index in [-0.39, 0.29) is 11.3 Å². The van der Waals surface area contributed by atoms with Crippen LogP contribution in [0.5, 0.6) is 0 Å². The Bertz CT molecular complexity index is 593. The van der Waals surface area contributed by atoms with E-state index in [9.17, 15) is 4.79 Å². The van der Waals surface area contributed by atoms with E-state index in [4.69, 9.17) is 11.6 Å². The van der Waals surface area contributed by atoms with Crippen LogP contribution in [0, 0.1) is 0 Å². The topological polar surface area (TPSA) is 29.1 Å². The maximum atomic E-state index is 12.1. The molecule has 2 aromatic rings. The molecular formula is C17H18ClNO. The average Bonchev–Trinajstić information content (AvgIpc) is 2.46. The van der Waals surface area contributed by atoms with Crippen LogP contribution in [0.1, 0.15) is 29.8 Å². The predicted molar refractivity (Wildman–Crippen MR) is 83.3 cm³/mol. The normalized spacial score (nSPS) is 11.2. The van der Waals surface area contributed by atoms with Gasteiger partial charge in [-0.15, -0.1) is 0 Å². The molecule has 0 saturated carbocycles. The van der Waals surface area contributed by atoms with Gasteiger partial charge in [0.2, 0.25) is 0 Å². The average molecular weight is 288 g/mol. The molecule has 104 valence electrons. The van der Waals surface area contributed by atoms with Gasteiger partial charge in [-0.1, -0.05) is 61.8 Å². The minimum atomic E-state index is -0.116. The summed E-state index contributed by atoms with van der Waals surface area (Å²) in [4.78, 5) is 12.1. The van der Waals surface area contributed by atoms with E-state index < -0.39 is 0 Å². The van der Waals surface area contributed by atoms with Gasteiger partial charge in [-0.25, -0.2) is 0 Å². The fraction of sp³-hybridized carbons (Fsp3) is 0.235. The van der Waals surface area contributed by atoms with Gasteiger partial charge in [-0.2, -0.15) is 0 Å². The van der Waals surface area contributed by atoms with Crippen LogP contribution in [0.25, 0.3) is 0 Å². The van der Waals surface area contributed by atoms with E-state index in [1.807, 2.05) is 18.2 Å². The highest BCUT2D eigenvalue weighted by molar-refractivity contribution is 6.30. The van der Waals surface area contributed by atoms with E-state index in [1.165, 1.54) is 5.56 Å². The van der Waals surface area contributed by atoms with E-state index in [0.717, 1.165) is 0 Å². The number of halogens is 1. The SMILES string of the molecule is CC(C)(CNC(=O)c1cccc(Cl)c1)c1ccccc1. The highest BCUT2D eigenvalue weighted by atomic mass is 35.5. The largest absolute Gasteiger partial charge is 0.351 e. The Kier molecular flexibility index (Phi) is 4.46. The second kappa shape index (κ2) is 6.10. The van der Waals surface area contributed by atoms with Gasteiger partial charge in [0.15, 0.2) is 0 Å². The minimum absolute atomic E-state index is 0.100. The molecular weight excluding hydrogens is 270 g/mol. The number of benzene rings is 2. The molecule has 2 aromatic carbocycles. The van der Waals surface area contributed by atoms with Crippen molar-refractivity contribution in [3.05, 3.63) is 70.7 Å². The van der Waals surface area contributed by atoms with E-state index >= 15 is 0 Å². The third kappa shape index (κ3) is 3.61. The van der Waals surface area contributed by atoms with E-state index in [0.29, 0.717) is 17.1 Å². The summed E-state index contributed by atoms with van der Waals surface area (Å²) in [6.45, 7) is 4.80. The minimum Gasteiger partial charge on any atom is -0.351 e. The molecule has 2 nitrogen and oxygen atoms in total. The van der Waals surface area contributed by atoms with Crippen molar-refractivity contribution in [2.24, 2.45) is 0 Å². The first-order valence-electron chi connectivity index (χ1n) is 6.58.